The molecule has 0 unspecified atom stereocenters. The molecular weight excluding hydrogens is 530 g/mol. The second-order valence-electron chi connectivity index (χ2n) is 12.1. The molecule has 0 radical (unpaired) electrons. The first-order chi connectivity index (χ1) is 21.8. The van der Waals surface area contributed by atoms with Gasteiger partial charge in [-0.15, -0.1) is 0 Å². The first kappa shape index (κ1) is 23.9. The van der Waals surface area contributed by atoms with Crippen molar-refractivity contribution >= 4 is 54.1 Å². The van der Waals surface area contributed by atoms with Crippen LogP contribution in [0.3, 0.4) is 0 Å². The third-order valence-electron chi connectivity index (χ3n) is 9.82. The lowest BCUT2D eigenvalue weighted by atomic mass is 9.90. The maximum Gasteiger partial charge on any atom is 0.0541 e. The van der Waals surface area contributed by atoms with Crippen molar-refractivity contribution in [1.29, 1.82) is 0 Å². The molecule has 0 atom stereocenters. The van der Waals surface area contributed by atoms with Crippen molar-refractivity contribution in [2.45, 2.75) is 6.42 Å². The first-order valence-electron chi connectivity index (χ1n) is 15.4. The Morgan fingerprint density at radius 3 is 1.57 bits per heavy atom. The minimum Gasteiger partial charge on any atom is -0.309 e. The Morgan fingerprint density at radius 1 is 0.364 bits per heavy atom. The van der Waals surface area contributed by atoms with Crippen LogP contribution in [0.2, 0.25) is 0 Å². The number of rotatable bonds is 2. The van der Waals surface area contributed by atoms with Crippen molar-refractivity contribution < 1.29 is 0 Å². The normalized spacial score (nSPS) is 12.5. The maximum absolute atomic E-state index is 2.42. The van der Waals surface area contributed by atoms with Crippen molar-refractivity contribution in [3.05, 3.63) is 163 Å². The van der Waals surface area contributed by atoms with Gasteiger partial charge < -0.3 is 4.57 Å². The van der Waals surface area contributed by atoms with E-state index in [9.17, 15) is 0 Å². The standard InChI is InChI=1S/C43H27N/c1-2-12-33-31(10-1)32-11-3-4-13-34(32)41-24-27(21-23-36(33)41)30-16-9-17-35-39-26-29(22-20-28(39)25-40(30)35)44-42-18-7-5-14-37(42)38-15-6-8-19-43(38)44/h1-24,26H,25H2. The van der Waals surface area contributed by atoms with E-state index in [1.54, 1.807) is 0 Å². The van der Waals surface area contributed by atoms with Crippen LogP contribution in [-0.2, 0) is 6.42 Å². The molecule has 0 fully saturated rings. The number of hydrogen-bond donors (Lipinski definition) is 0. The summed E-state index contributed by atoms with van der Waals surface area (Å²) in [6.45, 7) is 0. The predicted octanol–water partition coefficient (Wildman–Crippen LogP) is 11.5. The van der Waals surface area contributed by atoms with Crippen LogP contribution in [0.1, 0.15) is 11.1 Å². The summed E-state index contributed by atoms with van der Waals surface area (Å²) in [7, 11) is 0. The summed E-state index contributed by atoms with van der Waals surface area (Å²) >= 11 is 0. The number of fused-ring (bicyclic) bond motifs is 12. The van der Waals surface area contributed by atoms with E-state index < -0.39 is 0 Å². The molecule has 9 aromatic rings. The van der Waals surface area contributed by atoms with Crippen molar-refractivity contribution in [3.63, 3.8) is 0 Å². The highest BCUT2D eigenvalue weighted by atomic mass is 15.0. The molecule has 1 nitrogen and oxygen atoms in total. The highest BCUT2D eigenvalue weighted by molar-refractivity contribution is 6.25. The smallest absolute Gasteiger partial charge is 0.0541 e. The molecule has 0 saturated carbocycles. The number of nitrogens with zero attached hydrogens (tertiary/aromatic N) is 1. The van der Waals surface area contributed by atoms with Gasteiger partial charge in [-0.1, -0.05) is 121 Å². The zero-order chi connectivity index (χ0) is 28.8. The van der Waals surface area contributed by atoms with E-state index in [0.29, 0.717) is 0 Å². The van der Waals surface area contributed by atoms with Gasteiger partial charge in [-0.3, -0.25) is 0 Å². The van der Waals surface area contributed by atoms with Crippen molar-refractivity contribution in [1.82, 2.24) is 4.57 Å². The average molecular weight is 558 g/mol. The molecule has 0 aliphatic heterocycles. The van der Waals surface area contributed by atoms with E-state index in [1.165, 1.54) is 93.2 Å². The molecule has 44 heavy (non-hydrogen) atoms. The van der Waals surface area contributed by atoms with E-state index in [4.69, 9.17) is 0 Å². The molecule has 0 bridgehead atoms. The number of aromatic nitrogens is 1. The summed E-state index contributed by atoms with van der Waals surface area (Å²) in [6.07, 6.45) is 0.949. The monoisotopic (exact) mass is 557 g/mol. The zero-order valence-electron chi connectivity index (χ0n) is 24.1. The maximum atomic E-state index is 2.42. The molecule has 1 heterocycles. The Balaban J connectivity index is 1.16. The van der Waals surface area contributed by atoms with Crippen LogP contribution in [0.4, 0.5) is 0 Å². The summed E-state index contributed by atoms with van der Waals surface area (Å²) in [6, 6.07) is 56.1. The summed E-state index contributed by atoms with van der Waals surface area (Å²) in [5.41, 5.74) is 11.8. The molecule has 10 rings (SSSR count). The van der Waals surface area contributed by atoms with Gasteiger partial charge in [0, 0.05) is 16.5 Å². The van der Waals surface area contributed by atoms with Crippen LogP contribution < -0.4 is 0 Å². The van der Waals surface area contributed by atoms with Crippen LogP contribution in [0, 0.1) is 0 Å². The van der Waals surface area contributed by atoms with E-state index >= 15 is 0 Å². The zero-order valence-corrected chi connectivity index (χ0v) is 24.1. The number of hydrogen-bond acceptors (Lipinski definition) is 0. The van der Waals surface area contributed by atoms with E-state index in [2.05, 4.69) is 156 Å². The SMILES string of the molecule is c1cc(-c2ccc3c4ccccc4c4ccccc4c3c2)c2c(c1)-c1cc(-n3c4ccccc4c4ccccc43)ccc1C2. The molecular formula is C43H27N. The van der Waals surface area contributed by atoms with Gasteiger partial charge in [-0.25, -0.2) is 0 Å². The fraction of sp³-hybridized carbons (Fsp3) is 0.0233. The highest BCUT2D eigenvalue weighted by Crippen LogP contribution is 2.45. The summed E-state index contributed by atoms with van der Waals surface area (Å²) in [5.74, 6) is 0. The van der Waals surface area contributed by atoms with Gasteiger partial charge in [-0.2, -0.15) is 0 Å². The molecule has 1 heteroatoms. The van der Waals surface area contributed by atoms with Crippen LogP contribution in [0.5, 0.6) is 0 Å². The topological polar surface area (TPSA) is 4.93 Å². The minimum absolute atomic E-state index is 0.949. The van der Waals surface area contributed by atoms with E-state index in [0.717, 1.165) is 6.42 Å². The molecule has 8 aromatic carbocycles. The molecule has 0 N–H and O–H groups in total. The fourth-order valence-corrected chi connectivity index (χ4v) is 7.87. The van der Waals surface area contributed by atoms with Gasteiger partial charge in [0.1, 0.15) is 0 Å². The Morgan fingerprint density at radius 2 is 0.909 bits per heavy atom. The van der Waals surface area contributed by atoms with Gasteiger partial charge in [-0.05, 0) is 102 Å². The van der Waals surface area contributed by atoms with Crippen LogP contribution in [0.15, 0.2) is 152 Å². The van der Waals surface area contributed by atoms with Crippen molar-refractivity contribution in [3.8, 4) is 27.9 Å². The lowest BCUT2D eigenvalue weighted by molar-refractivity contribution is 1.17. The number of benzene rings is 8. The van der Waals surface area contributed by atoms with Gasteiger partial charge in [0.15, 0.2) is 0 Å². The quantitative estimate of drug-likeness (QED) is 0.186. The second kappa shape index (κ2) is 8.92. The summed E-state index contributed by atoms with van der Waals surface area (Å²) < 4.78 is 2.42. The number of para-hydroxylation sites is 2. The third kappa shape index (κ3) is 3.24. The van der Waals surface area contributed by atoms with Crippen LogP contribution in [0.25, 0.3) is 82.1 Å². The van der Waals surface area contributed by atoms with Crippen LogP contribution >= 0.6 is 0 Å². The van der Waals surface area contributed by atoms with E-state index in [1.807, 2.05) is 0 Å². The van der Waals surface area contributed by atoms with E-state index in [-0.39, 0.29) is 0 Å². The van der Waals surface area contributed by atoms with Crippen molar-refractivity contribution in [2.24, 2.45) is 0 Å². The largest absolute Gasteiger partial charge is 0.309 e. The molecule has 1 aliphatic carbocycles. The lowest BCUT2D eigenvalue weighted by Gasteiger charge is -2.14. The van der Waals surface area contributed by atoms with Crippen molar-refractivity contribution in [2.75, 3.05) is 0 Å². The minimum atomic E-state index is 0.949. The lowest BCUT2D eigenvalue weighted by Crippen LogP contribution is -1.94. The Bertz CT molecular complexity index is 2550. The second-order valence-corrected chi connectivity index (χ2v) is 12.1. The summed E-state index contributed by atoms with van der Waals surface area (Å²) in [4.78, 5) is 0. The Kier molecular flexibility index (Phi) is 4.84. The third-order valence-corrected chi connectivity index (χ3v) is 9.82. The Hall–Kier alpha value is -5.66. The Labute approximate surface area is 255 Å². The van der Waals surface area contributed by atoms with Gasteiger partial charge >= 0.3 is 0 Å². The molecule has 0 saturated heterocycles. The molecule has 0 spiro atoms. The molecule has 1 aromatic heterocycles. The van der Waals surface area contributed by atoms with Gasteiger partial charge in [0.25, 0.3) is 0 Å². The van der Waals surface area contributed by atoms with Crippen LogP contribution in [-0.4, -0.2) is 4.57 Å². The van der Waals surface area contributed by atoms with Gasteiger partial charge in [0.05, 0.1) is 11.0 Å². The van der Waals surface area contributed by atoms with Gasteiger partial charge in [0.2, 0.25) is 0 Å². The summed E-state index contributed by atoms with van der Waals surface area (Å²) in [5, 5.41) is 10.5. The first-order valence-corrected chi connectivity index (χ1v) is 15.4. The molecule has 0 amide bonds. The highest BCUT2D eigenvalue weighted by Gasteiger charge is 2.23. The fourth-order valence-electron chi connectivity index (χ4n) is 7.87. The predicted molar refractivity (Wildman–Crippen MR) is 187 cm³/mol. The molecule has 204 valence electrons. The average Bonchev–Trinajstić information content (AvgIpc) is 3.64. The molecule has 1 aliphatic rings.